The standard InChI is InChI=1S/C15H17NO2S/c1-15(2)8-11(17)13(12(18)9-15)14(19)16-10-6-4-3-5-7-10/h3-7,16,19H,8-9H2,1-2H3. The number of hydrogen-bond acceptors (Lipinski definition) is 4. The first kappa shape index (κ1) is 13.9. The van der Waals surface area contributed by atoms with Crippen molar-refractivity contribution in [2.45, 2.75) is 26.7 Å². The largest absolute Gasteiger partial charge is 0.350 e. The predicted molar refractivity (Wildman–Crippen MR) is 79.1 cm³/mol. The van der Waals surface area contributed by atoms with Crippen LogP contribution in [0.2, 0.25) is 0 Å². The second-order valence-corrected chi connectivity index (χ2v) is 6.03. The van der Waals surface area contributed by atoms with Gasteiger partial charge in [-0.3, -0.25) is 9.59 Å². The van der Waals surface area contributed by atoms with E-state index in [9.17, 15) is 9.59 Å². The first-order valence-electron chi connectivity index (χ1n) is 6.21. The van der Waals surface area contributed by atoms with Crippen molar-refractivity contribution < 1.29 is 9.59 Å². The predicted octanol–water partition coefficient (Wildman–Crippen LogP) is 3.20. The van der Waals surface area contributed by atoms with Crippen molar-refractivity contribution in [3.05, 3.63) is 40.9 Å². The molecule has 1 saturated carbocycles. The molecule has 0 atom stereocenters. The Kier molecular flexibility index (Phi) is 3.80. The van der Waals surface area contributed by atoms with E-state index in [0.717, 1.165) is 5.69 Å². The number of carbonyl (C=O) groups is 2. The molecule has 0 amide bonds. The summed E-state index contributed by atoms with van der Waals surface area (Å²) in [5.74, 6) is -0.260. The highest BCUT2D eigenvalue weighted by atomic mass is 32.1. The Morgan fingerprint density at radius 3 is 2.16 bits per heavy atom. The van der Waals surface area contributed by atoms with Crippen LogP contribution in [-0.4, -0.2) is 11.6 Å². The summed E-state index contributed by atoms with van der Waals surface area (Å²) >= 11 is 4.29. The molecule has 1 aliphatic carbocycles. The second kappa shape index (κ2) is 5.21. The van der Waals surface area contributed by atoms with Crippen molar-refractivity contribution in [3.8, 4) is 0 Å². The van der Waals surface area contributed by atoms with Crippen molar-refractivity contribution in [3.63, 3.8) is 0 Å². The molecule has 0 radical (unpaired) electrons. The Labute approximate surface area is 118 Å². The lowest BCUT2D eigenvalue weighted by Crippen LogP contribution is -2.32. The van der Waals surface area contributed by atoms with Crippen LogP contribution in [-0.2, 0) is 9.59 Å². The van der Waals surface area contributed by atoms with Crippen LogP contribution in [0.1, 0.15) is 26.7 Å². The molecule has 0 aromatic heterocycles. The van der Waals surface area contributed by atoms with E-state index in [2.05, 4.69) is 17.9 Å². The van der Waals surface area contributed by atoms with E-state index in [1.54, 1.807) is 0 Å². The molecule has 1 aromatic rings. The van der Waals surface area contributed by atoms with Crippen LogP contribution in [0.15, 0.2) is 40.9 Å². The Hall–Kier alpha value is -1.55. The normalized spacial score (nSPS) is 18.4. The molecule has 19 heavy (non-hydrogen) atoms. The minimum Gasteiger partial charge on any atom is -0.350 e. The van der Waals surface area contributed by atoms with E-state index in [0.29, 0.717) is 17.9 Å². The van der Waals surface area contributed by atoms with Gasteiger partial charge < -0.3 is 5.32 Å². The van der Waals surface area contributed by atoms with Gasteiger partial charge in [-0.2, -0.15) is 0 Å². The number of rotatable bonds is 2. The lowest BCUT2D eigenvalue weighted by molar-refractivity contribution is -0.127. The van der Waals surface area contributed by atoms with Gasteiger partial charge in [0.15, 0.2) is 11.6 Å². The summed E-state index contributed by atoms with van der Waals surface area (Å²) in [6.45, 7) is 3.87. The average Bonchev–Trinajstić information content (AvgIpc) is 2.27. The van der Waals surface area contributed by atoms with Gasteiger partial charge in [0.1, 0.15) is 0 Å². The summed E-state index contributed by atoms with van der Waals surface area (Å²) in [7, 11) is 0. The fourth-order valence-corrected chi connectivity index (χ4v) is 2.63. The van der Waals surface area contributed by atoms with Gasteiger partial charge in [0.05, 0.1) is 10.6 Å². The maximum absolute atomic E-state index is 12.1. The number of para-hydroxylation sites is 1. The maximum atomic E-state index is 12.1. The Morgan fingerprint density at radius 2 is 1.63 bits per heavy atom. The van der Waals surface area contributed by atoms with Gasteiger partial charge in [0.2, 0.25) is 0 Å². The minimum atomic E-state index is -0.252. The quantitative estimate of drug-likeness (QED) is 0.495. The maximum Gasteiger partial charge on any atom is 0.169 e. The number of carbonyl (C=O) groups excluding carboxylic acids is 2. The van der Waals surface area contributed by atoms with Gasteiger partial charge in [-0.15, -0.1) is 12.6 Å². The van der Waals surface area contributed by atoms with E-state index in [1.165, 1.54) is 0 Å². The molecule has 0 aliphatic heterocycles. The van der Waals surface area contributed by atoms with Crippen LogP contribution in [0, 0.1) is 5.41 Å². The van der Waals surface area contributed by atoms with E-state index < -0.39 is 0 Å². The first-order valence-corrected chi connectivity index (χ1v) is 6.65. The summed E-state index contributed by atoms with van der Waals surface area (Å²) in [5.41, 5.74) is 0.760. The first-order chi connectivity index (χ1) is 8.89. The zero-order valence-corrected chi connectivity index (χ0v) is 12.0. The molecule has 1 fully saturated rings. The smallest absolute Gasteiger partial charge is 0.169 e. The fraction of sp³-hybridized carbons (Fsp3) is 0.333. The highest BCUT2D eigenvalue weighted by Crippen LogP contribution is 2.35. The van der Waals surface area contributed by atoms with E-state index >= 15 is 0 Å². The Balaban J connectivity index is 2.26. The average molecular weight is 275 g/mol. The van der Waals surface area contributed by atoms with E-state index in [-0.39, 0.29) is 22.6 Å². The molecule has 100 valence electrons. The number of hydrogen-bond donors (Lipinski definition) is 2. The van der Waals surface area contributed by atoms with Gasteiger partial charge in [0, 0.05) is 18.5 Å². The molecule has 2 rings (SSSR count). The number of thiol groups is 1. The molecule has 3 nitrogen and oxygen atoms in total. The third-order valence-corrected chi connectivity index (χ3v) is 3.44. The Morgan fingerprint density at radius 1 is 1.11 bits per heavy atom. The zero-order chi connectivity index (χ0) is 14.0. The highest BCUT2D eigenvalue weighted by molar-refractivity contribution is 7.84. The number of allylic oxidation sites excluding steroid dienone is 1. The lowest BCUT2D eigenvalue weighted by atomic mass is 9.74. The minimum absolute atomic E-state index is 0.130. The molecule has 0 bridgehead atoms. The molecule has 1 N–H and O–H groups in total. The van der Waals surface area contributed by atoms with Crippen LogP contribution < -0.4 is 5.32 Å². The SMILES string of the molecule is CC1(C)CC(=O)C(=C(S)Nc2ccccc2)C(=O)C1. The van der Waals surface area contributed by atoms with Crippen LogP contribution in [0.3, 0.4) is 0 Å². The number of anilines is 1. The monoisotopic (exact) mass is 275 g/mol. The van der Waals surface area contributed by atoms with Crippen LogP contribution in [0.5, 0.6) is 0 Å². The topological polar surface area (TPSA) is 46.2 Å². The summed E-state index contributed by atoms with van der Waals surface area (Å²) in [6, 6.07) is 9.37. The molecule has 0 saturated heterocycles. The summed E-state index contributed by atoms with van der Waals surface area (Å²) < 4.78 is 0. The van der Waals surface area contributed by atoms with E-state index in [1.807, 2.05) is 44.2 Å². The van der Waals surface area contributed by atoms with Crippen molar-refractivity contribution in [1.29, 1.82) is 0 Å². The number of ketones is 2. The molecule has 1 aromatic carbocycles. The van der Waals surface area contributed by atoms with Gasteiger partial charge in [-0.1, -0.05) is 32.0 Å². The third kappa shape index (κ3) is 3.26. The molecule has 4 heteroatoms. The van der Waals surface area contributed by atoms with Crippen molar-refractivity contribution >= 4 is 29.9 Å². The Bertz CT molecular complexity index is 525. The molecular formula is C15H17NO2S. The summed E-state index contributed by atoms with van der Waals surface area (Å²) in [4.78, 5) is 24.2. The van der Waals surface area contributed by atoms with Gasteiger partial charge in [-0.05, 0) is 17.5 Å². The molecule has 1 aliphatic rings. The molecule has 0 heterocycles. The van der Waals surface area contributed by atoms with Gasteiger partial charge in [0.25, 0.3) is 0 Å². The number of nitrogens with one attached hydrogen (secondary N) is 1. The summed E-state index contributed by atoms with van der Waals surface area (Å²) in [5, 5.41) is 3.35. The van der Waals surface area contributed by atoms with Crippen LogP contribution in [0.25, 0.3) is 0 Å². The number of benzene rings is 1. The van der Waals surface area contributed by atoms with Crippen molar-refractivity contribution in [2.24, 2.45) is 5.41 Å². The van der Waals surface area contributed by atoms with Crippen LogP contribution in [0.4, 0.5) is 5.69 Å². The van der Waals surface area contributed by atoms with Gasteiger partial charge >= 0.3 is 0 Å². The molecule has 0 spiro atoms. The van der Waals surface area contributed by atoms with Crippen molar-refractivity contribution in [1.82, 2.24) is 0 Å². The van der Waals surface area contributed by atoms with Gasteiger partial charge in [-0.25, -0.2) is 0 Å². The highest BCUT2D eigenvalue weighted by Gasteiger charge is 2.36. The zero-order valence-electron chi connectivity index (χ0n) is 11.1. The third-order valence-electron chi connectivity index (χ3n) is 3.11. The lowest BCUT2D eigenvalue weighted by Gasteiger charge is -2.29. The fourth-order valence-electron chi connectivity index (χ4n) is 2.25. The molecule has 0 unspecified atom stereocenters. The molecular weight excluding hydrogens is 258 g/mol. The second-order valence-electron chi connectivity index (χ2n) is 5.58. The number of Topliss-reactive ketones (excluding diaryl/α,β-unsaturated/α-hetero) is 2. The van der Waals surface area contributed by atoms with Crippen molar-refractivity contribution in [2.75, 3.05) is 5.32 Å². The van der Waals surface area contributed by atoms with E-state index in [4.69, 9.17) is 0 Å². The van der Waals surface area contributed by atoms with Crippen LogP contribution >= 0.6 is 12.6 Å². The summed E-state index contributed by atoms with van der Waals surface area (Å²) in [6.07, 6.45) is 0.767.